The number of quaternary nitrogens is 1. The van der Waals surface area contributed by atoms with Crippen molar-refractivity contribution in [2.45, 2.75) is 194 Å². The first-order valence-corrected chi connectivity index (χ1v) is 16.9. The topological polar surface area (TPSA) is 34.1 Å². The van der Waals surface area contributed by atoms with E-state index in [0.717, 1.165) is 25.7 Å². The minimum Gasteiger partial charge on any atom is -1.00 e. The molecule has 228 valence electrons. The van der Waals surface area contributed by atoms with Gasteiger partial charge in [-0.2, -0.15) is 0 Å². The van der Waals surface area contributed by atoms with Gasteiger partial charge in [-0.25, -0.2) is 14.1 Å². The van der Waals surface area contributed by atoms with E-state index in [9.17, 15) is 9.59 Å². The van der Waals surface area contributed by atoms with Crippen molar-refractivity contribution in [1.29, 1.82) is 0 Å². The lowest BCUT2D eigenvalue weighted by atomic mass is 10.0. The van der Waals surface area contributed by atoms with Crippen LogP contribution in [0.2, 0.25) is 0 Å². The van der Waals surface area contributed by atoms with Crippen LogP contribution in [0.4, 0.5) is 0 Å². The second-order valence-electron chi connectivity index (χ2n) is 12.2. The van der Waals surface area contributed by atoms with Crippen LogP contribution in [0.5, 0.6) is 0 Å². The lowest BCUT2D eigenvalue weighted by Crippen LogP contribution is -3.00. The van der Waals surface area contributed by atoms with Crippen molar-refractivity contribution in [1.82, 2.24) is 0 Å². The van der Waals surface area contributed by atoms with Gasteiger partial charge in [-0.1, -0.05) is 168 Å². The van der Waals surface area contributed by atoms with E-state index in [2.05, 4.69) is 13.8 Å². The van der Waals surface area contributed by atoms with Crippen molar-refractivity contribution in [2.24, 2.45) is 0 Å². The van der Waals surface area contributed by atoms with Gasteiger partial charge in [-0.3, -0.25) is 0 Å². The molecule has 0 heterocycles. The van der Waals surface area contributed by atoms with Gasteiger partial charge in [-0.05, 0) is 12.8 Å². The molecule has 38 heavy (non-hydrogen) atoms. The molecule has 0 aromatic heterocycles. The van der Waals surface area contributed by atoms with Gasteiger partial charge in [-0.15, -0.1) is 0 Å². The molecule has 0 rings (SSSR count). The van der Waals surface area contributed by atoms with E-state index in [4.69, 9.17) is 0 Å². The van der Waals surface area contributed by atoms with Gasteiger partial charge in [0.05, 0.1) is 26.9 Å². The highest BCUT2D eigenvalue weighted by Crippen LogP contribution is 2.17. The summed E-state index contributed by atoms with van der Waals surface area (Å²) in [7, 11) is 3.60. The summed E-state index contributed by atoms with van der Waals surface area (Å²) in [4.78, 5) is 25.4. The number of halogens is 1. The molecule has 4 heteroatoms. The summed E-state index contributed by atoms with van der Waals surface area (Å²) in [6, 6.07) is 0. The van der Waals surface area contributed by atoms with Crippen LogP contribution < -0.4 is 12.4 Å². The Morgan fingerprint density at radius 3 is 0.763 bits per heavy atom. The molecule has 0 atom stereocenters. The van der Waals surface area contributed by atoms with Crippen molar-refractivity contribution < 1.29 is 26.5 Å². The average molecular weight is 558 g/mol. The number of amides is 2. The summed E-state index contributed by atoms with van der Waals surface area (Å²) in [5, 5.41) is 0. The van der Waals surface area contributed by atoms with Gasteiger partial charge in [0.15, 0.2) is 0 Å². The van der Waals surface area contributed by atoms with Gasteiger partial charge in [0.1, 0.15) is 0 Å². The van der Waals surface area contributed by atoms with Crippen LogP contribution in [0.25, 0.3) is 0 Å². The highest BCUT2D eigenvalue weighted by Gasteiger charge is 2.33. The number of hydrogen-bond acceptors (Lipinski definition) is 2. The molecule has 0 aliphatic heterocycles. The third-order valence-electron chi connectivity index (χ3n) is 8.24. The maximum atomic E-state index is 12.7. The second-order valence-corrected chi connectivity index (χ2v) is 12.2. The standard InChI is InChI=1S/C34H68NO2.ClH/c1-5-7-9-11-13-15-17-19-21-23-25-27-29-31-33(36)35(3,4)34(37)32-30-28-26-24-22-20-18-16-14-12-10-8-6-2;/h5-32H2,1-4H3;1H/q+1;/p-1. The Morgan fingerprint density at radius 2 is 0.553 bits per heavy atom. The minimum absolute atomic E-state index is 0. The van der Waals surface area contributed by atoms with Gasteiger partial charge in [0.25, 0.3) is 0 Å². The van der Waals surface area contributed by atoms with Crippen molar-refractivity contribution in [2.75, 3.05) is 14.1 Å². The van der Waals surface area contributed by atoms with E-state index < -0.39 is 0 Å². The van der Waals surface area contributed by atoms with Crippen molar-refractivity contribution in [3.05, 3.63) is 0 Å². The number of hydrogen-bond donors (Lipinski definition) is 0. The quantitative estimate of drug-likeness (QED) is 0.0719. The number of rotatable bonds is 28. The Balaban J connectivity index is 0. The van der Waals surface area contributed by atoms with E-state index in [1.807, 2.05) is 0 Å². The van der Waals surface area contributed by atoms with Crippen LogP contribution in [-0.2, 0) is 9.59 Å². The second kappa shape index (κ2) is 29.6. The number of carbonyl (C=O) groups is 2. The van der Waals surface area contributed by atoms with E-state index >= 15 is 0 Å². The van der Waals surface area contributed by atoms with Gasteiger partial charge < -0.3 is 12.4 Å². The number of imide groups is 1. The lowest BCUT2D eigenvalue weighted by Gasteiger charge is -2.24. The maximum absolute atomic E-state index is 12.7. The van der Waals surface area contributed by atoms with E-state index in [-0.39, 0.29) is 28.7 Å². The van der Waals surface area contributed by atoms with Crippen molar-refractivity contribution >= 4 is 11.8 Å². The largest absolute Gasteiger partial charge is 1.00 e. The molecule has 3 nitrogen and oxygen atoms in total. The molecule has 0 aliphatic carbocycles. The van der Waals surface area contributed by atoms with Crippen LogP contribution in [0.15, 0.2) is 0 Å². The zero-order valence-electron chi connectivity index (χ0n) is 26.4. The molecule has 0 radical (unpaired) electrons. The molecular formula is C34H68ClNO2. The maximum Gasteiger partial charge on any atom is 0.320 e. The molecule has 0 fully saturated rings. The fraction of sp³-hybridized carbons (Fsp3) is 0.941. The Labute approximate surface area is 245 Å². The predicted octanol–water partition coefficient (Wildman–Crippen LogP) is 8.08. The van der Waals surface area contributed by atoms with Crippen LogP contribution in [0.1, 0.15) is 194 Å². The van der Waals surface area contributed by atoms with Gasteiger partial charge >= 0.3 is 11.8 Å². The highest BCUT2D eigenvalue weighted by molar-refractivity contribution is 5.84. The summed E-state index contributed by atoms with van der Waals surface area (Å²) in [6.07, 6.45) is 35.2. The SMILES string of the molecule is CCCCCCCCCCCCCCCC(=O)[N+](C)(C)C(=O)CCCCCCCCCCCCCCC.[Cl-]. The summed E-state index contributed by atoms with van der Waals surface area (Å²) in [5.74, 6) is 0.200. The average Bonchev–Trinajstić information content (AvgIpc) is 2.89. The van der Waals surface area contributed by atoms with Crippen LogP contribution in [-0.4, -0.2) is 30.4 Å². The first kappa shape index (κ1) is 39.7. The summed E-state index contributed by atoms with van der Waals surface area (Å²) in [6.45, 7) is 4.55. The molecule has 2 amide bonds. The Bertz CT molecular complexity index is 477. The molecule has 0 bridgehead atoms. The Morgan fingerprint density at radius 1 is 0.368 bits per heavy atom. The minimum atomic E-state index is -0.0590. The molecule has 0 N–H and O–H groups in total. The van der Waals surface area contributed by atoms with Crippen molar-refractivity contribution in [3.63, 3.8) is 0 Å². The molecule has 0 saturated heterocycles. The van der Waals surface area contributed by atoms with Crippen molar-refractivity contribution in [3.8, 4) is 0 Å². The highest BCUT2D eigenvalue weighted by atomic mass is 35.5. The number of carbonyl (C=O) groups excluding carboxylic acids is 2. The zero-order valence-corrected chi connectivity index (χ0v) is 27.2. The summed E-state index contributed by atoms with van der Waals surface area (Å²) < 4.78 is -0.0590. The zero-order chi connectivity index (χ0) is 27.5. The third kappa shape index (κ3) is 24.6. The molecule has 0 unspecified atom stereocenters. The molecule has 0 aromatic rings. The fourth-order valence-electron chi connectivity index (χ4n) is 5.29. The predicted molar refractivity (Wildman–Crippen MR) is 163 cm³/mol. The normalized spacial score (nSPS) is 11.5. The van der Waals surface area contributed by atoms with E-state index in [0.29, 0.717) is 12.8 Å². The number of nitrogens with zero attached hydrogens (tertiary/aromatic N) is 1. The summed E-state index contributed by atoms with van der Waals surface area (Å²) >= 11 is 0. The van der Waals surface area contributed by atoms with Gasteiger partial charge in [0.2, 0.25) is 0 Å². The third-order valence-corrected chi connectivity index (χ3v) is 8.24. The molecule has 0 aromatic carbocycles. The van der Waals surface area contributed by atoms with Gasteiger partial charge in [0, 0.05) is 0 Å². The molecule has 0 saturated carbocycles. The van der Waals surface area contributed by atoms with Crippen LogP contribution in [0, 0.1) is 0 Å². The Kier molecular flexibility index (Phi) is 30.9. The molecule has 0 spiro atoms. The lowest BCUT2D eigenvalue weighted by molar-refractivity contribution is -0.736. The molecule has 0 aliphatic rings. The summed E-state index contributed by atoms with van der Waals surface area (Å²) in [5.41, 5.74) is 0. The van der Waals surface area contributed by atoms with E-state index in [1.165, 1.54) is 141 Å². The Hall–Kier alpha value is -0.410. The van der Waals surface area contributed by atoms with Crippen LogP contribution in [0.3, 0.4) is 0 Å². The smallest absolute Gasteiger partial charge is 0.320 e. The first-order chi connectivity index (χ1) is 18.0. The van der Waals surface area contributed by atoms with E-state index in [1.54, 1.807) is 14.1 Å². The van der Waals surface area contributed by atoms with Crippen LogP contribution >= 0.6 is 0 Å². The number of unbranched alkanes of at least 4 members (excludes halogenated alkanes) is 24. The fourth-order valence-corrected chi connectivity index (χ4v) is 5.29. The molecular weight excluding hydrogens is 490 g/mol. The monoisotopic (exact) mass is 557 g/mol. The first-order valence-electron chi connectivity index (χ1n) is 16.9.